The Morgan fingerprint density at radius 1 is 1.15 bits per heavy atom. The number of halogens is 1. The highest BCUT2D eigenvalue weighted by Crippen LogP contribution is 2.34. The Bertz CT molecular complexity index is 1100. The molecule has 172 valence electrons. The minimum atomic E-state index is -0.255. The van der Waals surface area contributed by atoms with E-state index in [1.807, 2.05) is 22.8 Å². The number of rotatable bonds is 8. The molecular formula is C26H30FN5S. The molecule has 0 radical (unpaired) electrons. The summed E-state index contributed by atoms with van der Waals surface area (Å²) in [6.07, 6.45) is 10.3. The van der Waals surface area contributed by atoms with Crippen LogP contribution in [-0.2, 0) is 6.54 Å². The molecule has 1 aliphatic heterocycles. The molecule has 5 nitrogen and oxygen atoms in total. The average Bonchev–Trinajstić information content (AvgIpc) is 3.27. The van der Waals surface area contributed by atoms with Crippen LogP contribution in [0.15, 0.2) is 77.0 Å². The molecule has 0 saturated heterocycles. The van der Waals surface area contributed by atoms with Gasteiger partial charge >= 0.3 is 0 Å². The number of hydrogen-bond donors (Lipinski definition) is 0. The molecule has 0 amide bonds. The fourth-order valence-corrected chi connectivity index (χ4v) is 4.88. The fourth-order valence-electron chi connectivity index (χ4n) is 3.94. The van der Waals surface area contributed by atoms with E-state index in [2.05, 4.69) is 64.9 Å². The van der Waals surface area contributed by atoms with Crippen LogP contribution in [0.5, 0.6) is 0 Å². The summed E-state index contributed by atoms with van der Waals surface area (Å²) < 4.78 is 17.8. The van der Waals surface area contributed by atoms with Gasteiger partial charge < -0.3 is 0 Å². The Hall–Kier alpha value is -2.90. The van der Waals surface area contributed by atoms with Gasteiger partial charge in [0.2, 0.25) is 0 Å². The van der Waals surface area contributed by atoms with Crippen molar-refractivity contribution in [2.75, 3.05) is 11.6 Å². The first-order valence-electron chi connectivity index (χ1n) is 11.4. The summed E-state index contributed by atoms with van der Waals surface area (Å²) in [5, 5.41) is 10.7. The normalized spacial score (nSPS) is 16.8. The molecule has 1 aromatic heterocycles. The predicted octanol–water partition coefficient (Wildman–Crippen LogP) is 6.76. The van der Waals surface area contributed by atoms with Crippen molar-refractivity contribution in [2.24, 2.45) is 5.10 Å². The van der Waals surface area contributed by atoms with Crippen LogP contribution in [0, 0.1) is 5.82 Å². The number of hydrogen-bond acceptors (Lipinski definition) is 5. The van der Waals surface area contributed by atoms with Crippen LogP contribution >= 0.6 is 11.9 Å². The van der Waals surface area contributed by atoms with Gasteiger partial charge in [-0.15, -0.1) is 0 Å². The molecular weight excluding hydrogens is 433 g/mol. The summed E-state index contributed by atoms with van der Waals surface area (Å²) >= 11 is 1.78. The Labute approximate surface area is 199 Å². The van der Waals surface area contributed by atoms with Crippen LogP contribution < -0.4 is 5.01 Å². The molecule has 0 N–H and O–H groups in total. The maximum Gasteiger partial charge on any atom is 0.123 e. The van der Waals surface area contributed by atoms with Crippen LogP contribution in [0.25, 0.3) is 5.57 Å². The first-order chi connectivity index (χ1) is 16.1. The van der Waals surface area contributed by atoms with Crippen LogP contribution in [0.4, 0.5) is 15.8 Å². The first kappa shape index (κ1) is 23.3. The van der Waals surface area contributed by atoms with Gasteiger partial charge in [0.15, 0.2) is 0 Å². The third kappa shape index (κ3) is 5.72. The summed E-state index contributed by atoms with van der Waals surface area (Å²) in [5.74, 6) is -0.255. The van der Waals surface area contributed by atoms with Crippen molar-refractivity contribution in [3.63, 3.8) is 0 Å². The van der Waals surface area contributed by atoms with Crippen molar-refractivity contribution in [1.29, 1.82) is 0 Å². The van der Waals surface area contributed by atoms with E-state index in [1.165, 1.54) is 28.2 Å². The topological polar surface area (TPSA) is 36.7 Å². The lowest BCUT2D eigenvalue weighted by molar-refractivity contribution is 0.422. The van der Waals surface area contributed by atoms with Gasteiger partial charge in [0, 0.05) is 31.5 Å². The van der Waals surface area contributed by atoms with Crippen LogP contribution in [-0.4, -0.2) is 32.9 Å². The van der Waals surface area contributed by atoms with Crippen molar-refractivity contribution in [2.45, 2.75) is 51.1 Å². The van der Waals surface area contributed by atoms with E-state index in [0.29, 0.717) is 6.04 Å². The number of nitrogens with zero attached hydrogens (tertiary/aromatic N) is 5. The highest BCUT2D eigenvalue weighted by Gasteiger charge is 2.21. The van der Waals surface area contributed by atoms with Crippen molar-refractivity contribution in [1.82, 2.24) is 14.1 Å². The summed E-state index contributed by atoms with van der Waals surface area (Å²) in [4.78, 5) is 1.19. The van der Waals surface area contributed by atoms with Gasteiger partial charge in [-0.25, -0.2) is 13.7 Å². The zero-order chi connectivity index (χ0) is 23.2. The van der Waals surface area contributed by atoms with E-state index in [1.54, 1.807) is 30.3 Å². The smallest absolute Gasteiger partial charge is 0.123 e. The van der Waals surface area contributed by atoms with E-state index >= 15 is 0 Å². The van der Waals surface area contributed by atoms with E-state index in [0.717, 1.165) is 37.3 Å². The number of anilines is 2. The van der Waals surface area contributed by atoms with Crippen LogP contribution in [0.3, 0.4) is 0 Å². The molecule has 4 rings (SSSR count). The molecule has 2 heterocycles. The van der Waals surface area contributed by atoms with E-state index in [-0.39, 0.29) is 5.82 Å². The average molecular weight is 464 g/mol. The SMILES string of the molecule is C/C=N\N(c1ccc(F)cc1)c1ccc(C2=CC(C)N(Sc3cnn(CCC)c3)CC2)cc1. The second-order valence-corrected chi connectivity index (χ2v) is 9.19. The molecule has 1 unspecified atom stereocenters. The van der Waals surface area contributed by atoms with Crippen LogP contribution in [0.2, 0.25) is 0 Å². The lowest BCUT2D eigenvalue weighted by Gasteiger charge is -2.31. The second-order valence-electron chi connectivity index (χ2n) is 8.06. The molecule has 0 fully saturated rings. The number of aryl methyl sites for hydroxylation is 1. The minimum Gasteiger partial charge on any atom is -0.272 e. The summed E-state index contributed by atoms with van der Waals surface area (Å²) in [5.41, 5.74) is 4.35. The monoisotopic (exact) mass is 463 g/mol. The molecule has 1 aliphatic rings. The predicted molar refractivity (Wildman–Crippen MR) is 136 cm³/mol. The minimum absolute atomic E-state index is 0.255. The zero-order valence-corrected chi connectivity index (χ0v) is 20.2. The van der Waals surface area contributed by atoms with Crippen molar-refractivity contribution in [3.05, 3.63) is 78.4 Å². The van der Waals surface area contributed by atoms with Crippen LogP contribution in [0.1, 0.15) is 39.2 Å². The molecule has 33 heavy (non-hydrogen) atoms. The summed E-state index contributed by atoms with van der Waals surface area (Å²) in [6, 6.07) is 15.1. The van der Waals surface area contributed by atoms with Gasteiger partial charge in [-0.1, -0.05) is 25.1 Å². The van der Waals surface area contributed by atoms with Crippen molar-refractivity contribution >= 4 is 35.1 Å². The van der Waals surface area contributed by atoms with Gasteiger partial charge in [0.05, 0.1) is 22.5 Å². The van der Waals surface area contributed by atoms with E-state index in [9.17, 15) is 4.39 Å². The lowest BCUT2D eigenvalue weighted by Crippen LogP contribution is -2.29. The third-order valence-electron chi connectivity index (χ3n) is 5.57. The Kier molecular flexibility index (Phi) is 7.62. The highest BCUT2D eigenvalue weighted by atomic mass is 32.2. The quantitative estimate of drug-likeness (QED) is 0.210. The number of hydrazone groups is 1. The maximum atomic E-state index is 13.3. The van der Waals surface area contributed by atoms with Gasteiger partial charge in [-0.2, -0.15) is 10.2 Å². The molecule has 2 aromatic carbocycles. The summed E-state index contributed by atoms with van der Waals surface area (Å²) in [7, 11) is 0. The Balaban J connectivity index is 1.46. The maximum absolute atomic E-state index is 13.3. The third-order valence-corrected chi connectivity index (χ3v) is 6.74. The lowest BCUT2D eigenvalue weighted by atomic mass is 9.97. The Morgan fingerprint density at radius 3 is 2.48 bits per heavy atom. The Morgan fingerprint density at radius 2 is 1.85 bits per heavy atom. The van der Waals surface area contributed by atoms with Gasteiger partial charge in [-0.05, 0) is 86.2 Å². The van der Waals surface area contributed by atoms with E-state index in [4.69, 9.17) is 0 Å². The largest absolute Gasteiger partial charge is 0.272 e. The molecule has 1 atom stereocenters. The molecule has 0 saturated carbocycles. The first-order valence-corrected chi connectivity index (χ1v) is 12.2. The molecule has 7 heteroatoms. The molecule has 3 aromatic rings. The molecule has 0 bridgehead atoms. The number of benzene rings is 2. The fraction of sp³-hybridized carbons (Fsp3) is 0.308. The van der Waals surface area contributed by atoms with Gasteiger partial charge in [-0.3, -0.25) is 4.68 Å². The zero-order valence-electron chi connectivity index (χ0n) is 19.4. The standard InChI is InChI=1S/C26H30FN5S/c1-4-15-30-19-26(18-29-30)33-31-16-14-22(17-20(31)3)21-6-10-24(11-7-21)32(28-5-2)25-12-8-23(27)9-13-25/h5-13,17-20H,4,14-16H2,1-3H3/b28-5-. The molecule has 0 spiro atoms. The highest BCUT2D eigenvalue weighted by molar-refractivity contribution is 7.97. The molecule has 0 aliphatic carbocycles. The summed E-state index contributed by atoms with van der Waals surface area (Å²) in [6.45, 7) is 8.22. The van der Waals surface area contributed by atoms with E-state index < -0.39 is 0 Å². The number of aromatic nitrogens is 2. The van der Waals surface area contributed by atoms with Crippen molar-refractivity contribution in [3.8, 4) is 0 Å². The second kappa shape index (κ2) is 10.8. The van der Waals surface area contributed by atoms with Gasteiger partial charge in [0.25, 0.3) is 0 Å². The van der Waals surface area contributed by atoms with Crippen molar-refractivity contribution < 1.29 is 4.39 Å². The van der Waals surface area contributed by atoms with Gasteiger partial charge in [0.1, 0.15) is 5.82 Å².